The Hall–Kier alpha value is -3.26. The summed E-state index contributed by atoms with van der Waals surface area (Å²) in [6.07, 6.45) is 0. The number of aryl methyl sites for hydroxylation is 1. The molecule has 0 unspecified atom stereocenters. The van der Waals surface area contributed by atoms with Gasteiger partial charge >= 0.3 is 0 Å². The molecular weight excluding hydrogens is 304 g/mol. The summed E-state index contributed by atoms with van der Waals surface area (Å²) in [5, 5.41) is 4.82. The number of nitrogens with zero attached hydrogens (tertiary/aromatic N) is 2. The maximum absolute atomic E-state index is 4.98. The summed E-state index contributed by atoms with van der Waals surface area (Å²) in [4.78, 5) is 9.83. The zero-order chi connectivity index (χ0) is 16.8. The van der Waals surface area contributed by atoms with Crippen LogP contribution in [0.2, 0.25) is 0 Å². The molecule has 0 spiro atoms. The molecule has 0 aliphatic rings. The van der Waals surface area contributed by atoms with Crippen LogP contribution in [0.15, 0.2) is 78.9 Å². The summed E-state index contributed by atoms with van der Waals surface area (Å²) >= 11 is 0. The second kappa shape index (κ2) is 5.38. The van der Waals surface area contributed by atoms with Crippen LogP contribution >= 0.6 is 0 Å². The third kappa shape index (κ3) is 2.26. The Balaban J connectivity index is 1.83. The van der Waals surface area contributed by atoms with Crippen LogP contribution in [0, 0.1) is 6.92 Å². The monoisotopic (exact) mass is 320 g/mol. The van der Waals surface area contributed by atoms with Crippen molar-refractivity contribution in [2.24, 2.45) is 0 Å². The van der Waals surface area contributed by atoms with Crippen LogP contribution in [0.3, 0.4) is 0 Å². The van der Waals surface area contributed by atoms with Crippen molar-refractivity contribution in [1.82, 2.24) is 9.97 Å². The average molecular weight is 320 g/mol. The summed E-state index contributed by atoms with van der Waals surface area (Å²) in [6, 6.07) is 27.4. The molecule has 0 aliphatic heterocycles. The standard InChI is InChI=1S/C23H16N2/c1-15-23(20-12-6-10-16-7-4-5-11-19(16)20)25-22-14-18-9-3-2-8-17(18)13-21(22)24-15/h2-14H,1H3. The lowest BCUT2D eigenvalue weighted by Crippen LogP contribution is -1.95. The van der Waals surface area contributed by atoms with Gasteiger partial charge in [0.2, 0.25) is 0 Å². The lowest BCUT2D eigenvalue weighted by Gasteiger charge is -2.10. The van der Waals surface area contributed by atoms with E-state index in [-0.39, 0.29) is 0 Å². The maximum atomic E-state index is 4.98. The third-order valence-corrected chi connectivity index (χ3v) is 4.75. The maximum Gasteiger partial charge on any atom is 0.0928 e. The van der Waals surface area contributed by atoms with Gasteiger partial charge in [0.05, 0.1) is 22.4 Å². The van der Waals surface area contributed by atoms with E-state index in [1.165, 1.54) is 21.5 Å². The summed E-state index contributed by atoms with van der Waals surface area (Å²) in [5.74, 6) is 0. The average Bonchev–Trinajstić information content (AvgIpc) is 2.65. The molecule has 0 saturated heterocycles. The first-order valence-electron chi connectivity index (χ1n) is 8.45. The molecule has 0 fully saturated rings. The summed E-state index contributed by atoms with van der Waals surface area (Å²) in [7, 11) is 0. The quantitative estimate of drug-likeness (QED) is 0.359. The fourth-order valence-corrected chi connectivity index (χ4v) is 3.52. The normalized spacial score (nSPS) is 11.4. The van der Waals surface area contributed by atoms with Crippen LogP contribution in [0.5, 0.6) is 0 Å². The van der Waals surface area contributed by atoms with E-state index in [9.17, 15) is 0 Å². The molecule has 0 bridgehead atoms. The Morgan fingerprint density at radius 2 is 1.20 bits per heavy atom. The van der Waals surface area contributed by atoms with E-state index in [4.69, 9.17) is 9.97 Å². The fraction of sp³-hybridized carbons (Fsp3) is 0.0435. The number of hydrogen-bond acceptors (Lipinski definition) is 2. The molecule has 5 rings (SSSR count). The zero-order valence-corrected chi connectivity index (χ0v) is 13.9. The van der Waals surface area contributed by atoms with Gasteiger partial charge in [-0.25, -0.2) is 9.97 Å². The lowest BCUT2D eigenvalue weighted by atomic mass is 10.0. The van der Waals surface area contributed by atoms with Gasteiger partial charge in [-0.2, -0.15) is 0 Å². The van der Waals surface area contributed by atoms with Crippen LogP contribution in [0.1, 0.15) is 5.69 Å². The van der Waals surface area contributed by atoms with Crippen LogP contribution in [-0.4, -0.2) is 9.97 Å². The van der Waals surface area contributed by atoms with Gasteiger partial charge < -0.3 is 0 Å². The van der Waals surface area contributed by atoms with Gasteiger partial charge in [-0.05, 0) is 40.6 Å². The first-order chi connectivity index (χ1) is 12.3. The van der Waals surface area contributed by atoms with Crippen LogP contribution in [0.4, 0.5) is 0 Å². The van der Waals surface area contributed by atoms with Crippen molar-refractivity contribution in [3.63, 3.8) is 0 Å². The minimum Gasteiger partial charge on any atom is -0.249 e. The largest absolute Gasteiger partial charge is 0.249 e. The number of aromatic nitrogens is 2. The van der Waals surface area contributed by atoms with Crippen molar-refractivity contribution in [2.45, 2.75) is 6.92 Å². The highest BCUT2D eigenvalue weighted by atomic mass is 14.8. The second-order valence-corrected chi connectivity index (χ2v) is 6.37. The van der Waals surface area contributed by atoms with Gasteiger partial charge in [0.15, 0.2) is 0 Å². The van der Waals surface area contributed by atoms with E-state index in [0.717, 1.165) is 28.0 Å². The molecular formula is C23H16N2. The topological polar surface area (TPSA) is 25.8 Å². The van der Waals surface area contributed by atoms with E-state index in [1.807, 2.05) is 6.92 Å². The molecule has 0 amide bonds. The molecule has 0 saturated carbocycles. The van der Waals surface area contributed by atoms with E-state index < -0.39 is 0 Å². The number of hydrogen-bond donors (Lipinski definition) is 0. The lowest BCUT2D eigenvalue weighted by molar-refractivity contribution is 1.19. The number of benzene rings is 4. The van der Waals surface area contributed by atoms with Crippen molar-refractivity contribution < 1.29 is 0 Å². The minimum absolute atomic E-state index is 0.937. The van der Waals surface area contributed by atoms with E-state index in [0.29, 0.717) is 0 Å². The molecule has 118 valence electrons. The van der Waals surface area contributed by atoms with Crippen LogP contribution < -0.4 is 0 Å². The molecule has 5 aromatic rings. The van der Waals surface area contributed by atoms with E-state index in [2.05, 4.69) is 78.9 Å². The highest BCUT2D eigenvalue weighted by Crippen LogP contribution is 2.31. The Morgan fingerprint density at radius 3 is 1.96 bits per heavy atom. The molecule has 0 aliphatic carbocycles. The molecule has 0 radical (unpaired) electrons. The van der Waals surface area contributed by atoms with Crippen molar-refractivity contribution >= 4 is 32.6 Å². The highest BCUT2D eigenvalue weighted by molar-refractivity contribution is 5.99. The van der Waals surface area contributed by atoms with Gasteiger partial charge in [-0.3, -0.25) is 0 Å². The summed E-state index contributed by atoms with van der Waals surface area (Å²) in [6.45, 7) is 2.04. The number of rotatable bonds is 1. The second-order valence-electron chi connectivity index (χ2n) is 6.37. The molecule has 2 nitrogen and oxygen atoms in total. The molecule has 2 heteroatoms. The molecule has 0 atom stereocenters. The third-order valence-electron chi connectivity index (χ3n) is 4.75. The van der Waals surface area contributed by atoms with Gasteiger partial charge in [-0.15, -0.1) is 0 Å². The van der Waals surface area contributed by atoms with Gasteiger partial charge in [-0.1, -0.05) is 66.7 Å². The minimum atomic E-state index is 0.937. The predicted molar refractivity (Wildman–Crippen MR) is 105 cm³/mol. The fourth-order valence-electron chi connectivity index (χ4n) is 3.52. The van der Waals surface area contributed by atoms with Gasteiger partial charge in [0, 0.05) is 5.56 Å². The summed E-state index contributed by atoms with van der Waals surface area (Å²) in [5.41, 5.74) is 4.93. The zero-order valence-electron chi connectivity index (χ0n) is 13.9. The molecule has 25 heavy (non-hydrogen) atoms. The Kier molecular flexibility index (Phi) is 3.04. The van der Waals surface area contributed by atoms with Crippen molar-refractivity contribution in [2.75, 3.05) is 0 Å². The predicted octanol–water partition coefficient (Wildman–Crippen LogP) is 5.91. The molecule has 4 aromatic carbocycles. The Labute approximate surface area is 145 Å². The first-order valence-corrected chi connectivity index (χ1v) is 8.45. The number of fused-ring (bicyclic) bond motifs is 3. The van der Waals surface area contributed by atoms with E-state index in [1.54, 1.807) is 0 Å². The van der Waals surface area contributed by atoms with Crippen molar-refractivity contribution in [3.05, 3.63) is 84.6 Å². The van der Waals surface area contributed by atoms with Gasteiger partial charge in [0.25, 0.3) is 0 Å². The first kappa shape index (κ1) is 14.1. The van der Waals surface area contributed by atoms with Gasteiger partial charge in [0.1, 0.15) is 0 Å². The Bertz CT molecular complexity index is 1250. The van der Waals surface area contributed by atoms with E-state index >= 15 is 0 Å². The Morgan fingerprint density at radius 1 is 0.600 bits per heavy atom. The van der Waals surface area contributed by atoms with Crippen molar-refractivity contribution in [1.29, 1.82) is 0 Å². The van der Waals surface area contributed by atoms with Crippen LogP contribution in [-0.2, 0) is 0 Å². The SMILES string of the molecule is Cc1nc2cc3ccccc3cc2nc1-c1cccc2ccccc12. The van der Waals surface area contributed by atoms with Crippen LogP contribution in [0.25, 0.3) is 43.8 Å². The molecule has 1 aromatic heterocycles. The summed E-state index contributed by atoms with van der Waals surface area (Å²) < 4.78 is 0. The smallest absolute Gasteiger partial charge is 0.0928 e. The molecule has 0 N–H and O–H groups in total. The molecule has 1 heterocycles. The van der Waals surface area contributed by atoms with Crippen molar-refractivity contribution in [3.8, 4) is 11.3 Å². The highest BCUT2D eigenvalue weighted by Gasteiger charge is 2.11.